The van der Waals surface area contributed by atoms with Crippen molar-refractivity contribution in [3.63, 3.8) is 0 Å². The molecule has 16 heavy (non-hydrogen) atoms. The van der Waals surface area contributed by atoms with Gasteiger partial charge in [-0.05, 0) is 11.3 Å². The van der Waals surface area contributed by atoms with Gasteiger partial charge in [0.15, 0.2) is 5.82 Å². The van der Waals surface area contributed by atoms with Gasteiger partial charge in [0.2, 0.25) is 0 Å². The summed E-state index contributed by atoms with van der Waals surface area (Å²) in [5.41, 5.74) is 0.565. The number of tetrazole rings is 1. The molecule has 1 aromatic carbocycles. The third kappa shape index (κ3) is 2.24. The molecule has 1 aromatic heterocycles. The highest BCUT2D eigenvalue weighted by atomic mass is 19.1. The van der Waals surface area contributed by atoms with E-state index in [1.807, 2.05) is 13.8 Å². The molecule has 0 fully saturated rings. The summed E-state index contributed by atoms with van der Waals surface area (Å²) in [5, 5.41) is 12.0. The average molecular weight is 220 g/mol. The van der Waals surface area contributed by atoms with Crippen molar-refractivity contribution in [2.75, 3.05) is 0 Å². The van der Waals surface area contributed by atoms with Gasteiger partial charge >= 0.3 is 0 Å². The highest BCUT2D eigenvalue weighted by Crippen LogP contribution is 2.09. The van der Waals surface area contributed by atoms with Crippen LogP contribution in [0.3, 0.4) is 0 Å². The zero-order valence-corrected chi connectivity index (χ0v) is 9.26. The fourth-order valence-electron chi connectivity index (χ4n) is 1.33. The van der Waals surface area contributed by atoms with E-state index in [4.69, 9.17) is 0 Å². The first-order chi connectivity index (χ1) is 7.66. The third-order valence-electron chi connectivity index (χ3n) is 2.25. The second kappa shape index (κ2) is 4.38. The minimum Gasteiger partial charge on any atom is -0.207 e. The van der Waals surface area contributed by atoms with Gasteiger partial charge < -0.3 is 0 Å². The van der Waals surface area contributed by atoms with Crippen molar-refractivity contribution in [3.8, 4) is 0 Å². The van der Waals surface area contributed by atoms with Crippen LogP contribution in [0.2, 0.25) is 0 Å². The van der Waals surface area contributed by atoms with Gasteiger partial charge in [0, 0.05) is 11.5 Å². The number of benzene rings is 1. The monoisotopic (exact) mass is 220 g/mol. The number of halogens is 1. The van der Waals surface area contributed by atoms with Crippen molar-refractivity contribution in [1.29, 1.82) is 0 Å². The van der Waals surface area contributed by atoms with Gasteiger partial charge in [-0.25, -0.2) is 4.39 Å². The number of rotatable bonds is 3. The Hall–Kier alpha value is -1.78. The Labute approximate surface area is 93.1 Å². The van der Waals surface area contributed by atoms with E-state index in [-0.39, 0.29) is 11.7 Å². The lowest BCUT2D eigenvalue weighted by atomic mass is 10.2. The molecule has 0 bridgehead atoms. The molecule has 2 rings (SSSR count). The van der Waals surface area contributed by atoms with E-state index in [2.05, 4.69) is 15.4 Å². The smallest absolute Gasteiger partial charge is 0.177 e. The molecular formula is C11H13FN4. The van der Waals surface area contributed by atoms with Crippen molar-refractivity contribution in [2.45, 2.75) is 26.3 Å². The van der Waals surface area contributed by atoms with Gasteiger partial charge in [0.1, 0.15) is 5.82 Å². The molecule has 84 valence electrons. The van der Waals surface area contributed by atoms with Gasteiger partial charge in [-0.15, -0.1) is 10.2 Å². The highest BCUT2D eigenvalue weighted by molar-refractivity contribution is 5.16. The van der Waals surface area contributed by atoms with E-state index in [1.165, 1.54) is 10.9 Å². The lowest BCUT2D eigenvalue weighted by Gasteiger charge is -2.00. The van der Waals surface area contributed by atoms with Crippen molar-refractivity contribution < 1.29 is 4.39 Å². The zero-order chi connectivity index (χ0) is 11.5. The van der Waals surface area contributed by atoms with Crippen LogP contribution in [0.25, 0.3) is 0 Å². The molecule has 4 nitrogen and oxygen atoms in total. The van der Waals surface area contributed by atoms with Crippen LogP contribution in [0.1, 0.15) is 31.2 Å². The van der Waals surface area contributed by atoms with Gasteiger partial charge in [0.25, 0.3) is 0 Å². The Kier molecular flexibility index (Phi) is 2.94. The number of hydrogen-bond acceptors (Lipinski definition) is 3. The summed E-state index contributed by atoms with van der Waals surface area (Å²) < 4.78 is 13.4. The molecule has 0 N–H and O–H groups in total. The fourth-order valence-corrected chi connectivity index (χ4v) is 1.33. The maximum atomic E-state index is 13.4. The lowest BCUT2D eigenvalue weighted by molar-refractivity contribution is 0.536. The first kappa shape index (κ1) is 10.7. The van der Waals surface area contributed by atoms with Gasteiger partial charge in [-0.3, -0.25) is 0 Å². The summed E-state index contributed by atoms with van der Waals surface area (Å²) >= 11 is 0. The van der Waals surface area contributed by atoms with Crippen LogP contribution in [0.15, 0.2) is 24.3 Å². The molecule has 0 aliphatic rings. The Morgan fingerprint density at radius 1 is 1.31 bits per heavy atom. The molecule has 0 spiro atoms. The molecule has 0 unspecified atom stereocenters. The summed E-state index contributed by atoms with van der Waals surface area (Å²) in [4.78, 5) is 1.41. The summed E-state index contributed by atoms with van der Waals surface area (Å²) in [7, 11) is 0. The predicted molar refractivity (Wildman–Crippen MR) is 57.4 cm³/mol. The SMILES string of the molecule is CC(C)c1nnn(Cc2ccccc2F)n1. The van der Waals surface area contributed by atoms with Crippen molar-refractivity contribution in [1.82, 2.24) is 20.2 Å². The normalized spacial score (nSPS) is 11.0. The topological polar surface area (TPSA) is 43.6 Å². The van der Waals surface area contributed by atoms with Gasteiger partial charge in [-0.1, -0.05) is 32.0 Å². The Morgan fingerprint density at radius 3 is 2.69 bits per heavy atom. The summed E-state index contributed by atoms with van der Waals surface area (Å²) in [6.45, 7) is 4.29. The molecule has 2 aromatic rings. The first-order valence-corrected chi connectivity index (χ1v) is 5.18. The van der Waals surface area contributed by atoms with Crippen molar-refractivity contribution in [2.24, 2.45) is 0 Å². The standard InChI is InChI=1S/C11H13FN4/c1-8(2)11-13-15-16(14-11)7-9-5-3-4-6-10(9)12/h3-6,8H,7H2,1-2H3. The zero-order valence-electron chi connectivity index (χ0n) is 9.26. The second-order valence-electron chi connectivity index (χ2n) is 3.92. The van der Waals surface area contributed by atoms with Crippen molar-refractivity contribution in [3.05, 3.63) is 41.5 Å². The van der Waals surface area contributed by atoms with Crippen molar-refractivity contribution >= 4 is 0 Å². The van der Waals surface area contributed by atoms with E-state index in [1.54, 1.807) is 18.2 Å². The molecule has 0 atom stereocenters. The summed E-state index contributed by atoms with van der Waals surface area (Å²) in [5.74, 6) is 0.664. The quantitative estimate of drug-likeness (QED) is 0.794. The predicted octanol–water partition coefficient (Wildman–Crippen LogP) is 1.98. The highest BCUT2D eigenvalue weighted by Gasteiger charge is 2.08. The molecule has 0 saturated heterocycles. The number of aromatic nitrogens is 4. The molecule has 0 saturated carbocycles. The molecule has 1 heterocycles. The molecule has 0 radical (unpaired) electrons. The Bertz CT molecular complexity index is 478. The van der Waals surface area contributed by atoms with Crippen LogP contribution >= 0.6 is 0 Å². The van der Waals surface area contributed by atoms with E-state index >= 15 is 0 Å². The number of hydrogen-bond donors (Lipinski definition) is 0. The molecule has 0 aliphatic heterocycles. The third-order valence-corrected chi connectivity index (χ3v) is 2.25. The van der Waals surface area contributed by atoms with Crippen LogP contribution in [-0.2, 0) is 6.54 Å². The molecule has 0 aliphatic carbocycles. The minimum absolute atomic E-state index is 0.231. The van der Waals surface area contributed by atoms with E-state index in [0.29, 0.717) is 17.9 Å². The Balaban J connectivity index is 2.18. The van der Waals surface area contributed by atoms with Crippen LogP contribution < -0.4 is 0 Å². The van der Waals surface area contributed by atoms with E-state index in [0.717, 1.165) is 0 Å². The largest absolute Gasteiger partial charge is 0.207 e. The van der Waals surface area contributed by atoms with Crippen LogP contribution in [-0.4, -0.2) is 20.2 Å². The fraction of sp³-hybridized carbons (Fsp3) is 0.364. The van der Waals surface area contributed by atoms with Gasteiger partial charge in [0.05, 0.1) is 6.54 Å². The molecule has 5 heteroatoms. The maximum absolute atomic E-state index is 13.4. The molecule has 0 amide bonds. The second-order valence-corrected chi connectivity index (χ2v) is 3.92. The maximum Gasteiger partial charge on any atom is 0.177 e. The lowest BCUT2D eigenvalue weighted by Crippen LogP contribution is -2.06. The Morgan fingerprint density at radius 2 is 2.06 bits per heavy atom. The van der Waals surface area contributed by atoms with Gasteiger partial charge in [-0.2, -0.15) is 4.80 Å². The number of nitrogens with zero attached hydrogens (tertiary/aromatic N) is 4. The minimum atomic E-state index is -0.245. The summed E-state index contributed by atoms with van der Waals surface area (Å²) in [6.07, 6.45) is 0. The van der Waals surface area contributed by atoms with Crippen LogP contribution in [0.4, 0.5) is 4.39 Å². The average Bonchev–Trinajstić information content (AvgIpc) is 2.70. The van der Waals surface area contributed by atoms with Crippen LogP contribution in [0, 0.1) is 5.82 Å². The van der Waals surface area contributed by atoms with E-state index < -0.39 is 0 Å². The van der Waals surface area contributed by atoms with E-state index in [9.17, 15) is 4.39 Å². The first-order valence-electron chi connectivity index (χ1n) is 5.18. The van der Waals surface area contributed by atoms with Crippen LogP contribution in [0.5, 0.6) is 0 Å². The molecular weight excluding hydrogens is 207 g/mol. The summed E-state index contributed by atoms with van der Waals surface area (Å²) in [6, 6.07) is 6.59.